The zero-order chi connectivity index (χ0) is 25.4. The van der Waals surface area contributed by atoms with E-state index in [0.717, 1.165) is 12.1 Å². The van der Waals surface area contributed by atoms with Gasteiger partial charge in [0.2, 0.25) is 0 Å². The number of nitrogens with one attached hydrogen (secondary N) is 1. The van der Waals surface area contributed by atoms with E-state index >= 15 is 0 Å². The van der Waals surface area contributed by atoms with Gasteiger partial charge >= 0.3 is 12.0 Å². The Bertz CT molecular complexity index is 1080. The van der Waals surface area contributed by atoms with Gasteiger partial charge in [0, 0.05) is 37.9 Å². The van der Waals surface area contributed by atoms with Crippen LogP contribution in [0.15, 0.2) is 42.5 Å². The Balaban J connectivity index is 1.56. The van der Waals surface area contributed by atoms with Crippen LogP contribution in [0.2, 0.25) is 0 Å². The first kappa shape index (κ1) is 25.3. The number of ether oxygens (including phenoxy) is 3. The van der Waals surface area contributed by atoms with Gasteiger partial charge in [0.15, 0.2) is 18.1 Å². The maximum Gasteiger partial charge on any atom is 0.345 e. The zero-order valence-corrected chi connectivity index (χ0v) is 19.4. The van der Waals surface area contributed by atoms with Gasteiger partial charge in [-0.2, -0.15) is 0 Å². The van der Waals surface area contributed by atoms with Crippen molar-refractivity contribution in [3.05, 3.63) is 58.1 Å². The highest BCUT2D eigenvalue weighted by Gasteiger charge is 2.28. The zero-order valence-electron chi connectivity index (χ0n) is 19.4. The number of nitro groups is 1. The summed E-state index contributed by atoms with van der Waals surface area (Å²) in [5, 5.41) is 14.2. The Labute approximate surface area is 201 Å². The van der Waals surface area contributed by atoms with Crippen LogP contribution >= 0.6 is 0 Å². The normalized spacial score (nSPS) is 13.1. The fourth-order valence-corrected chi connectivity index (χ4v) is 3.47. The lowest BCUT2D eigenvalue weighted by atomic mass is 10.1. The number of methoxy groups -OCH3 is 1. The number of carbonyl (C=O) groups excluding carboxylic acids is 3. The van der Waals surface area contributed by atoms with Crippen LogP contribution in [0, 0.1) is 10.1 Å². The molecule has 0 atom stereocenters. The number of amides is 3. The van der Waals surface area contributed by atoms with Gasteiger partial charge in [0.05, 0.1) is 24.7 Å². The van der Waals surface area contributed by atoms with Crippen molar-refractivity contribution < 1.29 is 33.5 Å². The molecule has 2 aromatic carbocycles. The molecule has 1 N–H and O–H groups in total. The van der Waals surface area contributed by atoms with E-state index in [0.29, 0.717) is 18.8 Å². The van der Waals surface area contributed by atoms with E-state index in [-0.39, 0.29) is 42.8 Å². The van der Waals surface area contributed by atoms with E-state index in [4.69, 9.17) is 14.2 Å². The molecule has 0 saturated carbocycles. The van der Waals surface area contributed by atoms with E-state index < -0.39 is 29.1 Å². The van der Waals surface area contributed by atoms with Crippen molar-refractivity contribution in [1.29, 1.82) is 0 Å². The Hall–Kier alpha value is -4.35. The van der Waals surface area contributed by atoms with Crippen LogP contribution < -0.4 is 14.8 Å². The topological polar surface area (TPSA) is 141 Å². The molecule has 0 bridgehead atoms. The summed E-state index contributed by atoms with van der Waals surface area (Å²) in [7, 11) is 1.34. The van der Waals surface area contributed by atoms with Gasteiger partial charge < -0.3 is 29.3 Å². The largest absolute Gasteiger partial charge is 0.493 e. The molecule has 12 nitrogen and oxygen atoms in total. The van der Waals surface area contributed by atoms with Crippen LogP contribution in [0.3, 0.4) is 0 Å². The highest BCUT2D eigenvalue weighted by molar-refractivity contribution is 5.96. The van der Waals surface area contributed by atoms with Crippen molar-refractivity contribution in [2.75, 3.05) is 51.8 Å². The molecule has 1 saturated heterocycles. The van der Waals surface area contributed by atoms with Crippen molar-refractivity contribution in [2.45, 2.75) is 6.92 Å². The molecule has 1 aliphatic rings. The first-order chi connectivity index (χ1) is 16.8. The minimum absolute atomic E-state index is 0.114. The third-order valence-electron chi connectivity index (χ3n) is 5.27. The Morgan fingerprint density at radius 2 is 1.69 bits per heavy atom. The molecule has 186 valence electrons. The minimum atomic E-state index is -1.03. The summed E-state index contributed by atoms with van der Waals surface area (Å²) in [5.74, 6) is -1.27. The van der Waals surface area contributed by atoms with Crippen molar-refractivity contribution in [3.63, 3.8) is 0 Å². The second-order valence-electron chi connectivity index (χ2n) is 7.45. The lowest BCUT2D eigenvalue weighted by molar-refractivity contribution is -0.385. The molecule has 12 heteroatoms. The highest BCUT2D eigenvalue weighted by Crippen LogP contribution is 2.35. The summed E-state index contributed by atoms with van der Waals surface area (Å²) in [5.41, 5.74) is -0.210. The van der Waals surface area contributed by atoms with Gasteiger partial charge in [-0.05, 0) is 19.1 Å². The molecule has 3 amide bonds. The van der Waals surface area contributed by atoms with Gasteiger partial charge in [-0.3, -0.25) is 14.9 Å². The predicted molar refractivity (Wildman–Crippen MR) is 125 cm³/mol. The second kappa shape index (κ2) is 11.7. The molecule has 0 radical (unpaired) electrons. The molecule has 1 fully saturated rings. The number of rotatable bonds is 8. The molecule has 1 aliphatic heterocycles. The number of benzene rings is 2. The second-order valence-corrected chi connectivity index (χ2v) is 7.45. The number of hydrogen-bond acceptors (Lipinski definition) is 8. The number of para-hydroxylation sites is 1. The van der Waals surface area contributed by atoms with Crippen molar-refractivity contribution in [1.82, 2.24) is 9.80 Å². The van der Waals surface area contributed by atoms with Gasteiger partial charge in [-0.1, -0.05) is 18.2 Å². The minimum Gasteiger partial charge on any atom is -0.493 e. The molecule has 2 aromatic rings. The van der Waals surface area contributed by atoms with Crippen LogP contribution in [0.4, 0.5) is 16.2 Å². The molecule has 1 heterocycles. The molecule has 0 unspecified atom stereocenters. The number of esters is 1. The van der Waals surface area contributed by atoms with E-state index in [1.54, 1.807) is 24.0 Å². The summed E-state index contributed by atoms with van der Waals surface area (Å²) < 4.78 is 15.5. The Kier molecular flexibility index (Phi) is 8.43. The van der Waals surface area contributed by atoms with E-state index in [2.05, 4.69) is 5.32 Å². The number of carbonyl (C=O) groups is 3. The van der Waals surface area contributed by atoms with Crippen LogP contribution in [-0.2, 0) is 9.53 Å². The Morgan fingerprint density at radius 1 is 1.03 bits per heavy atom. The summed E-state index contributed by atoms with van der Waals surface area (Å²) in [6.07, 6.45) is 0. The van der Waals surface area contributed by atoms with Gasteiger partial charge in [-0.15, -0.1) is 0 Å². The fraction of sp³-hybridized carbons (Fsp3) is 0.348. The van der Waals surface area contributed by atoms with Crippen molar-refractivity contribution in [2.24, 2.45) is 0 Å². The number of piperazine rings is 1. The van der Waals surface area contributed by atoms with Crippen LogP contribution in [-0.4, -0.2) is 79.1 Å². The summed E-state index contributed by atoms with van der Waals surface area (Å²) in [6, 6.07) is 11.0. The summed E-state index contributed by atoms with van der Waals surface area (Å²) in [6.45, 7) is 2.48. The van der Waals surface area contributed by atoms with Crippen molar-refractivity contribution >= 4 is 29.3 Å². The number of nitro benzene ring substituents is 1. The van der Waals surface area contributed by atoms with Gasteiger partial charge in [-0.25, -0.2) is 9.59 Å². The smallest absolute Gasteiger partial charge is 0.345 e. The number of anilines is 1. The number of hydrogen-bond donors (Lipinski definition) is 1. The third kappa shape index (κ3) is 6.37. The van der Waals surface area contributed by atoms with E-state index in [1.165, 1.54) is 12.0 Å². The van der Waals surface area contributed by atoms with Crippen LogP contribution in [0.25, 0.3) is 0 Å². The Morgan fingerprint density at radius 3 is 2.29 bits per heavy atom. The first-order valence-corrected chi connectivity index (χ1v) is 10.9. The lowest BCUT2D eigenvalue weighted by Crippen LogP contribution is -2.52. The molecule has 35 heavy (non-hydrogen) atoms. The molecule has 0 aliphatic carbocycles. The summed E-state index contributed by atoms with van der Waals surface area (Å²) in [4.78, 5) is 51.2. The molecule has 3 rings (SSSR count). The maximum atomic E-state index is 12.6. The quantitative estimate of drug-likeness (QED) is 0.341. The maximum absolute atomic E-state index is 12.6. The van der Waals surface area contributed by atoms with Crippen LogP contribution in [0.5, 0.6) is 11.5 Å². The summed E-state index contributed by atoms with van der Waals surface area (Å²) >= 11 is 0. The predicted octanol–water partition coefficient (Wildman–Crippen LogP) is 2.54. The van der Waals surface area contributed by atoms with Gasteiger partial charge in [0.25, 0.3) is 11.6 Å². The molecule has 0 spiro atoms. The average molecular weight is 486 g/mol. The number of nitrogens with zero attached hydrogens (tertiary/aromatic N) is 3. The van der Waals surface area contributed by atoms with E-state index in [1.807, 2.05) is 18.2 Å². The lowest BCUT2D eigenvalue weighted by Gasteiger charge is -2.34. The first-order valence-electron chi connectivity index (χ1n) is 10.9. The number of urea groups is 1. The van der Waals surface area contributed by atoms with E-state index in [9.17, 15) is 24.5 Å². The van der Waals surface area contributed by atoms with Crippen LogP contribution in [0.1, 0.15) is 17.3 Å². The molecular weight excluding hydrogens is 460 g/mol. The average Bonchev–Trinajstić information content (AvgIpc) is 2.87. The molecular formula is C23H26N4O8. The van der Waals surface area contributed by atoms with Crippen molar-refractivity contribution in [3.8, 4) is 11.5 Å². The SMILES string of the molecule is CCOc1cc([N+](=O)[O-])c(C(=O)OCC(=O)N2CCN(C(=O)Nc3ccccc3)CC2)cc1OC. The third-order valence-corrected chi connectivity index (χ3v) is 5.27. The fourth-order valence-electron chi connectivity index (χ4n) is 3.47. The monoisotopic (exact) mass is 486 g/mol. The van der Waals surface area contributed by atoms with Gasteiger partial charge in [0.1, 0.15) is 5.56 Å². The molecule has 0 aromatic heterocycles. The standard InChI is InChI=1S/C23H26N4O8/c1-3-34-20-14-18(27(31)32)17(13-19(20)33-2)22(29)35-15-21(28)25-9-11-26(12-10-25)23(30)24-16-7-5-4-6-8-16/h4-8,13-14H,3,9-12,15H2,1-2H3,(H,24,30). The highest BCUT2D eigenvalue weighted by atomic mass is 16.6.